The second kappa shape index (κ2) is 5.96. The van der Waals surface area contributed by atoms with Crippen LogP contribution in [0.25, 0.3) is 0 Å². The predicted molar refractivity (Wildman–Crippen MR) is 80.0 cm³/mol. The molecule has 0 unspecified atom stereocenters. The van der Waals surface area contributed by atoms with Gasteiger partial charge in [-0.3, -0.25) is 0 Å². The number of hydrogen-bond donors (Lipinski definition) is 1. The average Bonchev–Trinajstić information content (AvgIpc) is 2.44. The number of nitrogen functional groups attached to an aromatic ring is 1. The number of hydrogen-bond acceptors (Lipinski definition) is 5. The van der Waals surface area contributed by atoms with E-state index in [1.54, 1.807) is 12.1 Å². The zero-order chi connectivity index (χ0) is 14.7. The molecule has 0 amide bonds. The van der Waals surface area contributed by atoms with Crippen LogP contribution in [0.2, 0.25) is 0 Å². The van der Waals surface area contributed by atoms with Crippen molar-refractivity contribution in [2.45, 2.75) is 23.8 Å². The lowest BCUT2D eigenvalue weighted by molar-refractivity contribution is 0.0593. The van der Waals surface area contributed by atoms with Gasteiger partial charge in [-0.05, 0) is 43.2 Å². The summed E-state index contributed by atoms with van der Waals surface area (Å²) >= 11 is 1.45. The molecule has 0 spiro atoms. The normalized spacial score (nSPS) is 10.3. The molecule has 104 valence electrons. The monoisotopic (exact) mass is 288 g/mol. The lowest BCUT2D eigenvalue weighted by atomic mass is 10.2. The molecule has 0 bridgehead atoms. The summed E-state index contributed by atoms with van der Waals surface area (Å²) in [4.78, 5) is 16.9. The fourth-order valence-corrected chi connectivity index (χ4v) is 2.68. The Hall–Kier alpha value is -2.01. The molecular formula is C15H16N2O2S. The van der Waals surface area contributed by atoms with E-state index in [1.165, 1.54) is 24.4 Å². The van der Waals surface area contributed by atoms with Crippen LogP contribution in [0.4, 0.5) is 5.69 Å². The van der Waals surface area contributed by atoms with Gasteiger partial charge in [0, 0.05) is 4.90 Å². The highest BCUT2D eigenvalue weighted by atomic mass is 32.2. The van der Waals surface area contributed by atoms with Gasteiger partial charge in [-0.25, -0.2) is 9.78 Å². The van der Waals surface area contributed by atoms with E-state index in [-0.39, 0.29) is 5.69 Å². The minimum Gasteiger partial charge on any atom is -0.464 e. The van der Waals surface area contributed by atoms with Gasteiger partial charge in [0.15, 0.2) is 0 Å². The van der Waals surface area contributed by atoms with Crippen molar-refractivity contribution in [3.63, 3.8) is 0 Å². The van der Waals surface area contributed by atoms with Gasteiger partial charge in [0.05, 0.1) is 12.8 Å². The van der Waals surface area contributed by atoms with Gasteiger partial charge in [0.2, 0.25) is 0 Å². The molecular weight excluding hydrogens is 272 g/mol. The Labute approximate surface area is 122 Å². The number of carbonyl (C=O) groups excluding carboxylic acids is 1. The van der Waals surface area contributed by atoms with Crippen LogP contribution in [-0.2, 0) is 4.74 Å². The number of rotatable bonds is 3. The molecule has 2 N–H and O–H groups in total. The third kappa shape index (κ3) is 3.11. The van der Waals surface area contributed by atoms with E-state index in [9.17, 15) is 4.79 Å². The predicted octanol–water partition coefficient (Wildman–Crippen LogP) is 3.22. The summed E-state index contributed by atoms with van der Waals surface area (Å²) in [7, 11) is 1.33. The number of pyridine rings is 1. The van der Waals surface area contributed by atoms with Crippen molar-refractivity contribution in [2.75, 3.05) is 12.8 Å². The molecule has 0 aliphatic carbocycles. The molecule has 0 saturated carbocycles. The molecule has 5 heteroatoms. The molecule has 1 heterocycles. The molecule has 0 aliphatic heterocycles. The highest BCUT2D eigenvalue weighted by Crippen LogP contribution is 2.33. The molecule has 4 nitrogen and oxygen atoms in total. The van der Waals surface area contributed by atoms with Crippen LogP contribution in [0, 0.1) is 13.8 Å². The van der Waals surface area contributed by atoms with Crippen LogP contribution in [0.3, 0.4) is 0 Å². The maximum atomic E-state index is 11.5. The molecule has 0 aliphatic rings. The fourth-order valence-electron chi connectivity index (χ4n) is 1.67. The SMILES string of the molecule is COC(=O)c1ccc(N)c(Sc2cc(C)ccc2C)n1. The fraction of sp³-hybridized carbons (Fsp3) is 0.200. The highest BCUT2D eigenvalue weighted by molar-refractivity contribution is 7.99. The van der Waals surface area contributed by atoms with E-state index < -0.39 is 5.97 Å². The number of nitrogens with zero attached hydrogens (tertiary/aromatic N) is 1. The minimum absolute atomic E-state index is 0.259. The Kier molecular flexibility index (Phi) is 4.29. The number of ether oxygens (including phenoxy) is 1. The first-order valence-corrected chi connectivity index (χ1v) is 6.93. The Morgan fingerprint density at radius 3 is 2.70 bits per heavy atom. The standard InChI is InChI=1S/C15H16N2O2S/c1-9-4-5-10(2)13(8-9)20-14-11(16)6-7-12(17-14)15(18)19-3/h4-8H,16H2,1-3H3. The first-order valence-electron chi connectivity index (χ1n) is 6.11. The van der Waals surface area contributed by atoms with Crippen molar-refractivity contribution in [2.24, 2.45) is 0 Å². The van der Waals surface area contributed by atoms with Crippen LogP contribution in [0.5, 0.6) is 0 Å². The van der Waals surface area contributed by atoms with Crippen molar-refractivity contribution in [1.82, 2.24) is 4.98 Å². The zero-order valence-electron chi connectivity index (χ0n) is 11.6. The zero-order valence-corrected chi connectivity index (χ0v) is 12.5. The van der Waals surface area contributed by atoms with Gasteiger partial charge < -0.3 is 10.5 Å². The summed E-state index contributed by atoms with van der Waals surface area (Å²) in [6.07, 6.45) is 0. The lowest BCUT2D eigenvalue weighted by Gasteiger charge is -2.09. The summed E-state index contributed by atoms with van der Waals surface area (Å²) in [5.41, 5.74) is 9.05. The van der Waals surface area contributed by atoms with Crippen LogP contribution >= 0.6 is 11.8 Å². The van der Waals surface area contributed by atoms with Gasteiger partial charge in [-0.2, -0.15) is 0 Å². The number of methoxy groups -OCH3 is 1. The molecule has 0 fully saturated rings. The van der Waals surface area contributed by atoms with E-state index >= 15 is 0 Å². The van der Waals surface area contributed by atoms with E-state index in [1.807, 2.05) is 13.8 Å². The average molecular weight is 288 g/mol. The minimum atomic E-state index is -0.465. The Bertz CT molecular complexity index is 656. The van der Waals surface area contributed by atoms with Gasteiger partial charge in [-0.15, -0.1) is 0 Å². The van der Waals surface area contributed by atoms with Crippen molar-refractivity contribution in [3.05, 3.63) is 47.2 Å². The largest absolute Gasteiger partial charge is 0.464 e. The molecule has 2 aromatic rings. The molecule has 2 rings (SSSR count). The van der Waals surface area contributed by atoms with Gasteiger partial charge in [-0.1, -0.05) is 23.9 Å². The van der Waals surface area contributed by atoms with Gasteiger partial charge in [0.25, 0.3) is 0 Å². The Balaban J connectivity index is 2.37. The summed E-state index contributed by atoms with van der Waals surface area (Å²) in [6.45, 7) is 4.06. The van der Waals surface area contributed by atoms with E-state index in [4.69, 9.17) is 5.73 Å². The molecule has 1 aromatic heterocycles. The number of nitrogens with two attached hydrogens (primary N) is 1. The Morgan fingerprint density at radius 1 is 1.25 bits per heavy atom. The summed E-state index contributed by atoms with van der Waals surface area (Å²) in [5, 5.41) is 0.613. The van der Waals surface area contributed by atoms with Gasteiger partial charge >= 0.3 is 5.97 Å². The third-order valence-corrected chi connectivity index (χ3v) is 4.01. The highest BCUT2D eigenvalue weighted by Gasteiger charge is 2.12. The maximum Gasteiger partial charge on any atom is 0.356 e. The number of benzene rings is 1. The van der Waals surface area contributed by atoms with Crippen molar-refractivity contribution < 1.29 is 9.53 Å². The van der Waals surface area contributed by atoms with Crippen molar-refractivity contribution in [3.8, 4) is 0 Å². The van der Waals surface area contributed by atoms with E-state index in [2.05, 4.69) is 27.9 Å². The number of esters is 1. The molecule has 1 aromatic carbocycles. The van der Waals surface area contributed by atoms with Crippen LogP contribution in [0.1, 0.15) is 21.6 Å². The summed E-state index contributed by atoms with van der Waals surface area (Å²) < 4.78 is 4.67. The summed E-state index contributed by atoms with van der Waals surface area (Å²) in [5.74, 6) is -0.465. The Morgan fingerprint density at radius 2 is 2.00 bits per heavy atom. The van der Waals surface area contributed by atoms with E-state index in [0.717, 1.165) is 10.5 Å². The topological polar surface area (TPSA) is 65.2 Å². The lowest BCUT2D eigenvalue weighted by Crippen LogP contribution is -2.06. The number of aryl methyl sites for hydroxylation is 2. The number of aromatic nitrogens is 1. The quantitative estimate of drug-likeness (QED) is 0.878. The van der Waals surface area contributed by atoms with Crippen LogP contribution in [0.15, 0.2) is 40.3 Å². The van der Waals surface area contributed by atoms with Gasteiger partial charge in [0.1, 0.15) is 10.7 Å². The van der Waals surface area contributed by atoms with Crippen molar-refractivity contribution in [1.29, 1.82) is 0 Å². The first-order chi connectivity index (χ1) is 9.51. The third-order valence-electron chi connectivity index (χ3n) is 2.83. The second-order valence-corrected chi connectivity index (χ2v) is 5.48. The molecule has 0 radical (unpaired) electrons. The molecule has 20 heavy (non-hydrogen) atoms. The number of carbonyl (C=O) groups is 1. The van der Waals surface area contributed by atoms with Crippen LogP contribution < -0.4 is 5.73 Å². The molecule has 0 saturated heterocycles. The maximum absolute atomic E-state index is 11.5. The molecule has 0 atom stereocenters. The second-order valence-electron chi connectivity index (χ2n) is 4.45. The van der Waals surface area contributed by atoms with E-state index in [0.29, 0.717) is 10.7 Å². The van der Waals surface area contributed by atoms with Crippen LogP contribution in [-0.4, -0.2) is 18.1 Å². The van der Waals surface area contributed by atoms with Crippen molar-refractivity contribution >= 4 is 23.4 Å². The smallest absolute Gasteiger partial charge is 0.356 e. The first kappa shape index (κ1) is 14.4. The summed E-state index contributed by atoms with van der Waals surface area (Å²) in [6, 6.07) is 9.42. The number of anilines is 1.